The first-order valence-electron chi connectivity index (χ1n) is 4.78. The predicted octanol–water partition coefficient (Wildman–Crippen LogP) is 2.25. The highest BCUT2D eigenvalue weighted by Gasteiger charge is 2.20. The minimum Gasteiger partial charge on any atom is -0.351 e. The van der Waals surface area contributed by atoms with Gasteiger partial charge in [0.15, 0.2) is 0 Å². The number of rotatable bonds is 4. The van der Waals surface area contributed by atoms with Crippen molar-refractivity contribution in [3.05, 3.63) is 39.7 Å². The molecule has 0 aliphatic rings. The molecule has 0 bridgehead atoms. The lowest BCUT2D eigenvalue weighted by Gasteiger charge is -2.07. The Hall–Kier alpha value is -1.50. The smallest absolute Gasteiger partial charge is 0.282 e. The van der Waals surface area contributed by atoms with E-state index in [4.69, 9.17) is 0 Å². The Labute approximate surface area is 105 Å². The van der Waals surface area contributed by atoms with Gasteiger partial charge in [-0.3, -0.25) is 14.9 Å². The van der Waals surface area contributed by atoms with Crippen molar-refractivity contribution in [1.82, 2.24) is 5.32 Å². The molecule has 0 radical (unpaired) electrons. The number of carbonyl (C=O) groups excluding carboxylic acids is 1. The Bertz CT molecular complexity index is 451. The molecular formula is C10H10BrFN2O3. The van der Waals surface area contributed by atoms with Gasteiger partial charge in [0.05, 0.1) is 4.92 Å². The number of nitro benzene ring substituents is 1. The van der Waals surface area contributed by atoms with Gasteiger partial charge in [-0.25, -0.2) is 4.39 Å². The maximum absolute atomic E-state index is 13.0. The maximum Gasteiger partial charge on any atom is 0.282 e. The zero-order chi connectivity index (χ0) is 13.0. The Morgan fingerprint density at radius 2 is 2.29 bits per heavy atom. The third-order valence-corrected chi connectivity index (χ3v) is 2.27. The second-order valence-electron chi connectivity index (χ2n) is 3.41. The highest BCUT2D eigenvalue weighted by molar-refractivity contribution is 9.09. The van der Waals surface area contributed by atoms with Gasteiger partial charge in [-0.05, 0) is 12.1 Å². The van der Waals surface area contributed by atoms with E-state index in [1.807, 2.05) is 0 Å². The van der Waals surface area contributed by atoms with E-state index in [1.54, 1.807) is 6.92 Å². The van der Waals surface area contributed by atoms with Crippen molar-refractivity contribution in [3.63, 3.8) is 0 Å². The fourth-order valence-electron chi connectivity index (χ4n) is 1.18. The van der Waals surface area contributed by atoms with E-state index in [-0.39, 0.29) is 10.4 Å². The summed E-state index contributed by atoms with van der Waals surface area (Å²) in [4.78, 5) is 21.6. The summed E-state index contributed by atoms with van der Waals surface area (Å²) in [6, 6.07) is 2.77. The van der Waals surface area contributed by atoms with E-state index >= 15 is 0 Å². The summed E-state index contributed by atoms with van der Waals surface area (Å²) in [5.41, 5.74) is -0.686. The van der Waals surface area contributed by atoms with Gasteiger partial charge < -0.3 is 5.32 Å². The van der Waals surface area contributed by atoms with Crippen LogP contribution in [-0.4, -0.2) is 22.2 Å². The molecule has 0 aromatic heterocycles. The molecule has 92 valence electrons. The number of nitrogens with zero attached hydrogens (tertiary/aromatic N) is 1. The van der Waals surface area contributed by atoms with Crippen LogP contribution in [0.2, 0.25) is 0 Å². The summed E-state index contributed by atoms with van der Waals surface area (Å²) in [6.45, 7) is 2.10. The molecule has 0 saturated carbocycles. The highest BCUT2D eigenvalue weighted by atomic mass is 79.9. The number of hydrogen-bond acceptors (Lipinski definition) is 3. The third kappa shape index (κ3) is 3.77. The van der Waals surface area contributed by atoms with Crippen molar-refractivity contribution in [2.45, 2.75) is 11.8 Å². The molecule has 7 heteroatoms. The molecule has 1 aromatic carbocycles. The molecule has 0 saturated heterocycles. The number of halogens is 2. The molecule has 0 aliphatic carbocycles. The number of benzene rings is 1. The first kappa shape index (κ1) is 13.6. The molecule has 1 aromatic rings. The molecule has 1 unspecified atom stereocenters. The Kier molecular flexibility index (Phi) is 4.56. The SMILES string of the molecule is CC(Br)CNC(=O)c1cc(F)ccc1[N+](=O)[O-]. The van der Waals surface area contributed by atoms with Crippen LogP contribution < -0.4 is 5.32 Å². The van der Waals surface area contributed by atoms with Gasteiger partial charge in [0.1, 0.15) is 11.4 Å². The van der Waals surface area contributed by atoms with Crippen LogP contribution in [0.5, 0.6) is 0 Å². The van der Waals surface area contributed by atoms with Crippen LogP contribution in [-0.2, 0) is 0 Å². The zero-order valence-electron chi connectivity index (χ0n) is 8.94. The molecular weight excluding hydrogens is 295 g/mol. The van der Waals surface area contributed by atoms with Crippen LogP contribution in [0.15, 0.2) is 18.2 Å². The number of nitro groups is 1. The molecule has 1 N–H and O–H groups in total. The van der Waals surface area contributed by atoms with Gasteiger partial charge in [0.2, 0.25) is 0 Å². The van der Waals surface area contributed by atoms with Crippen LogP contribution in [0.1, 0.15) is 17.3 Å². The number of amides is 1. The molecule has 0 aliphatic heterocycles. The minimum absolute atomic E-state index is 0.0269. The topological polar surface area (TPSA) is 72.2 Å². The van der Waals surface area contributed by atoms with Crippen LogP contribution in [0.25, 0.3) is 0 Å². The van der Waals surface area contributed by atoms with Gasteiger partial charge in [0.25, 0.3) is 11.6 Å². The Balaban J connectivity index is 2.98. The third-order valence-electron chi connectivity index (χ3n) is 1.94. The van der Waals surface area contributed by atoms with Crippen molar-refractivity contribution in [1.29, 1.82) is 0 Å². The van der Waals surface area contributed by atoms with E-state index < -0.39 is 22.3 Å². The Morgan fingerprint density at radius 3 is 2.82 bits per heavy atom. The summed E-state index contributed by atoms with van der Waals surface area (Å²) in [6.07, 6.45) is 0. The van der Waals surface area contributed by atoms with E-state index in [1.165, 1.54) is 0 Å². The standard InChI is InChI=1S/C10H10BrFN2O3/c1-6(11)5-13-10(15)8-4-7(12)2-3-9(8)14(16)17/h2-4,6H,5H2,1H3,(H,13,15). The van der Waals surface area contributed by atoms with Crippen molar-refractivity contribution < 1.29 is 14.1 Å². The molecule has 5 nitrogen and oxygen atoms in total. The van der Waals surface area contributed by atoms with Crippen molar-refractivity contribution in [2.75, 3.05) is 6.54 Å². The second-order valence-corrected chi connectivity index (χ2v) is 4.97. The predicted molar refractivity (Wildman–Crippen MR) is 63.8 cm³/mol. The monoisotopic (exact) mass is 304 g/mol. The largest absolute Gasteiger partial charge is 0.351 e. The lowest BCUT2D eigenvalue weighted by atomic mass is 10.1. The molecule has 1 atom stereocenters. The van der Waals surface area contributed by atoms with Crippen molar-refractivity contribution in [2.24, 2.45) is 0 Å². The van der Waals surface area contributed by atoms with Crippen LogP contribution >= 0.6 is 15.9 Å². The first-order valence-corrected chi connectivity index (χ1v) is 5.69. The van der Waals surface area contributed by atoms with Gasteiger partial charge in [-0.15, -0.1) is 0 Å². The zero-order valence-corrected chi connectivity index (χ0v) is 10.5. The maximum atomic E-state index is 13.0. The van der Waals surface area contributed by atoms with Gasteiger partial charge >= 0.3 is 0 Å². The molecule has 0 heterocycles. The lowest BCUT2D eigenvalue weighted by Crippen LogP contribution is -2.29. The summed E-state index contributed by atoms with van der Waals surface area (Å²) >= 11 is 3.21. The number of hydrogen-bond donors (Lipinski definition) is 1. The highest BCUT2D eigenvalue weighted by Crippen LogP contribution is 2.19. The average Bonchev–Trinajstić information content (AvgIpc) is 2.25. The molecule has 1 rings (SSSR count). The fourth-order valence-corrected chi connectivity index (χ4v) is 1.34. The van der Waals surface area contributed by atoms with Gasteiger partial charge in [-0.2, -0.15) is 0 Å². The summed E-state index contributed by atoms with van der Waals surface area (Å²) in [5.74, 6) is -1.35. The second kappa shape index (κ2) is 5.72. The normalized spacial score (nSPS) is 11.9. The fraction of sp³-hybridized carbons (Fsp3) is 0.300. The molecule has 17 heavy (non-hydrogen) atoms. The minimum atomic E-state index is -0.716. The van der Waals surface area contributed by atoms with Gasteiger partial charge in [0, 0.05) is 17.4 Å². The van der Waals surface area contributed by atoms with Crippen LogP contribution in [0, 0.1) is 15.9 Å². The van der Waals surface area contributed by atoms with Crippen molar-refractivity contribution in [3.8, 4) is 0 Å². The van der Waals surface area contributed by atoms with E-state index in [2.05, 4.69) is 21.2 Å². The average molecular weight is 305 g/mol. The number of carbonyl (C=O) groups is 1. The number of alkyl halides is 1. The molecule has 0 spiro atoms. The molecule has 0 fully saturated rings. The van der Waals surface area contributed by atoms with Crippen LogP contribution in [0.4, 0.5) is 10.1 Å². The number of nitrogens with one attached hydrogen (secondary N) is 1. The van der Waals surface area contributed by atoms with Crippen molar-refractivity contribution >= 4 is 27.5 Å². The first-order chi connectivity index (χ1) is 7.91. The van der Waals surface area contributed by atoms with E-state index in [0.29, 0.717) is 6.54 Å². The quantitative estimate of drug-likeness (QED) is 0.527. The van der Waals surface area contributed by atoms with E-state index in [9.17, 15) is 19.3 Å². The molecule has 1 amide bonds. The van der Waals surface area contributed by atoms with E-state index in [0.717, 1.165) is 18.2 Å². The summed E-state index contributed by atoms with van der Waals surface area (Å²) in [7, 11) is 0. The van der Waals surface area contributed by atoms with Crippen LogP contribution in [0.3, 0.4) is 0 Å². The summed E-state index contributed by atoms with van der Waals surface area (Å²) < 4.78 is 13.0. The Morgan fingerprint density at radius 1 is 1.65 bits per heavy atom. The van der Waals surface area contributed by atoms with Gasteiger partial charge in [-0.1, -0.05) is 22.9 Å². The summed E-state index contributed by atoms with van der Waals surface area (Å²) in [5, 5.41) is 13.1. The lowest BCUT2D eigenvalue weighted by molar-refractivity contribution is -0.385.